The summed E-state index contributed by atoms with van der Waals surface area (Å²) >= 11 is 6.33. The average Bonchev–Trinajstić information content (AvgIpc) is 2.61. The molecule has 0 saturated heterocycles. The standard InChI is InChI=1S/C11H13BrN4S2/c1-6-13-10(18-16-6)17-8-5-7(12)14-9(15-8)11(2,3)4/h5H,1-4H3. The second-order valence-electron chi connectivity index (χ2n) is 4.81. The minimum absolute atomic E-state index is 0.0733. The number of aromatic nitrogens is 4. The molecule has 0 atom stereocenters. The Morgan fingerprint density at radius 2 is 1.94 bits per heavy atom. The van der Waals surface area contributed by atoms with Crippen molar-refractivity contribution < 1.29 is 0 Å². The van der Waals surface area contributed by atoms with Crippen LogP contribution in [0.5, 0.6) is 0 Å². The summed E-state index contributed by atoms with van der Waals surface area (Å²) in [6.45, 7) is 8.17. The van der Waals surface area contributed by atoms with Gasteiger partial charge in [-0.05, 0) is 46.1 Å². The molecule has 0 bridgehead atoms. The highest BCUT2D eigenvalue weighted by molar-refractivity contribution is 9.10. The molecule has 2 aromatic rings. The molecule has 7 heteroatoms. The molecule has 2 aromatic heterocycles. The Kier molecular flexibility index (Phi) is 4.03. The molecule has 4 nitrogen and oxygen atoms in total. The van der Waals surface area contributed by atoms with Crippen molar-refractivity contribution in [2.45, 2.75) is 42.5 Å². The summed E-state index contributed by atoms with van der Waals surface area (Å²) in [5, 5.41) is 0.887. The third kappa shape index (κ3) is 3.49. The Morgan fingerprint density at radius 1 is 1.22 bits per heavy atom. The second kappa shape index (κ2) is 5.22. The van der Waals surface area contributed by atoms with E-state index in [-0.39, 0.29) is 5.41 Å². The van der Waals surface area contributed by atoms with E-state index < -0.39 is 0 Å². The van der Waals surface area contributed by atoms with Crippen molar-refractivity contribution in [3.8, 4) is 0 Å². The molecular weight excluding hydrogens is 332 g/mol. The maximum Gasteiger partial charge on any atom is 0.176 e. The van der Waals surface area contributed by atoms with Crippen molar-refractivity contribution in [2.75, 3.05) is 0 Å². The van der Waals surface area contributed by atoms with Gasteiger partial charge < -0.3 is 0 Å². The minimum Gasteiger partial charge on any atom is -0.226 e. The van der Waals surface area contributed by atoms with Gasteiger partial charge in [-0.15, -0.1) is 0 Å². The molecule has 2 rings (SSSR count). The Labute approximate surface area is 123 Å². The predicted molar refractivity (Wildman–Crippen MR) is 77.2 cm³/mol. The molecule has 0 saturated carbocycles. The van der Waals surface area contributed by atoms with Gasteiger partial charge >= 0.3 is 0 Å². The molecule has 0 aliphatic heterocycles. The molecular formula is C11H13BrN4S2. The smallest absolute Gasteiger partial charge is 0.176 e. The van der Waals surface area contributed by atoms with Crippen LogP contribution in [-0.4, -0.2) is 19.3 Å². The maximum atomic E-state index is 4.57. The van der Waals surface area contributed by atoms with E-state index in [1.807, 2.05) is 13.0 Å². The summed E-state index contributed by atoms with van der Waals surface area (Å²) in [4.78, 5) is 13.3. The first-order valence-corrected chi connectivity index (χ1v) is 7.76. The zero-order chi connectivity index (χ0) is 13.3. The van der Waals surface area contributed by atoms with Gasteiger partial charge in [0.2, 0.25) is 0 Å². The predicted octanol–water partition coefficient (Wildman–Crippen LogP) is 3.85. The van der Waals surface area contributed by atoms with Crippen LogP contribution in [0.1, 0.15) is 32.4 Å². The van der Waals surface area contributed by atoms with Crippen molar-refractivity contribution in [2.24, 2.45) is 0 Å². The molecule has 0 N–H and O–H groups in total. The topological polar surface area (TPSA) is 51.6 Å². The van der Waals surface area contributed by atoms with Gasteiger partial charge in [0.15, 0.2) is 4.34 Å². The van der Waals surface area contributed by atoms with Gasteiger partial charge in [-0.1, -0.05) is 20.8 Å². The Bertz CT molecular complexity index is 562. The fourth-order valence-electron chi connectivity index (χ4n) is 1.19. The lowest BCUT2D eigenvalue weighted by molar-refractivity contribution is 0.536. The number of hydrogen-bond acceptors (Lipinski definition) is 6. The number of aryl methyl sites for hydroxylation is 1. The highest BCUT2D eigenvalue weighted by Gasteiger charge is 2.19. The molecule has 0 aliphatic carbocycles. The third-order valence-electron chi connectivity index (χ3n) is 2.04. The van der Waals surface area contributed by atoms with E-state index in [4.69, 9.17) is 0 Å². The lowest BCUT2D eigenvalue weighted by atomic mass is 9.96. The van der Waals surface area contributed by atoms with Crippen LogP contribution in [0.2, 0.25) is 0 Å². The normalized spacial score (nSPS) is 11.8. The summed E-state index contributed by atoms with van der Waals surface area (Å²) in [7, 11) is 0. The van der Waals surface area contributed by atoms with Crippen LogP contribution in [0.25, 0.3) is 0 Å². The van der Waals surface area contributed by atoms with Crippen LogP contribution in [0.3, 0.4) is 0 Å². The molecule has 0 radical (unpaired) electrons. The van der Waals surface area contributed by atoms with Crippen molar-refractivity contribution in [1.29, 1.82) is 0 Å². The lowest BCUT2D eigenvalue weighted by Crippen LogP contribution is -2.16. The molecule has 2 heterocycles. The molecule has 0 fully saturated rings. The van der Waals surface area contributed by atoms with Gasteiger partial charge in [0.1, 0.15) is 21.3 Å². The highest BCUT2D eigenvalue weighted by atomic mass is 79.9. The quantitative estimate of drug-likeness (QED) is 0.774. The molecule has 0 unspecified atom stereocenters. The summed E-state index contributed by atoms with van der Waals surface area (Å²) < 4.78 is 5.86. The summed E-state index contributed by atoms with van der Waals surface area (Å²) in [6.07, 6.45) is 0. The molecule has 0 aromatic carbocycles. The third-order valence-corrected chi connectivity index (χ3v) is 4.21. The first-order chi connectivity index (χ1) is 8.34. The van der Waals surface area contributed by atoms with Crippen molar-refractivity contribution in [3.63, 3.8) is 0 Å². The minimum atomic E-state index is -0.0733. The van der Waals surface area contributed by atoms with Crippen molar-refractivity contribution >= 4 is 39.2 Å². The van der Waals surface area contributed by atoms with Crippen LogP contribution in [-0.2, 0) is 5.41 Å². The first-order valence-electron chi connectivity index (χ1n) is 5.38. The van der Waals surface area contributed by atoms with Crippen molar-refractivity contribution in [3.05, 3.63) is 22.3 Å². The number of rotatable bonds is 2. The summed E-state index contributed by atoms with van der Waals surface area (Å²) in [6, 6.07) is 1.90. The van der Waals surface area contributed by atoms with Crippen LogP contribution < -0.4 is 0 Å². The summed E-state index contributed by atoms with van der Waals surface area (Å²) in [5.41, 5.74) is -0.0733. The lowest BCUT2D eigenvalue weighted by Gasteiger charge is -2.17. The van der Waals surface area contributed by atoms with E-state index in [0.717, 1.165) is 25.6 Å². The molecule has 0 spiro atoms. The zero-order valence-electron chi connectivity index (χ0n) is 10.6. The van der Waals surface area contributed by atoms with E-state index in [9.17, 15) is 0 Å². The molecule has 0 aliphatic rings. The second-order valence-corrected chi connectivity index (χ2v) is 7.64. The Morgan fingerprint density at radius 3 is 2.50 bits per heavy atom. The van der Waals surface area contributed by atoms with E-state index in [1.165, 1.54) is 23.3 Å². The van der Waals surface area contributed by atoms with Crippen LogP contribution in [0.4, 0.5) is 0 Å². The molecule has 0 amide bonds. The zero-order valence-corrected chi connectivity index (χ0v) is 13.8. The first kappa shape index (κ1) is 13.9. The average molecular weight is 345 g/mol. The Balaban J connectivity index is 2.31. The van der Waals surface area contributed by atoms with E-state index in [0.29, 0.717) is 0 Å². The monoisotopic (exact) mass is 344 g/mol. The SMILES string of the molecule is Cc1nsc(Sc2cc(Br)nc(C(C)(C)C)n2)n1. The van der Waals surface area contributed by atoms with Gasteiger partial charge in [0, 0.05) is 11.5 Å². The fraction of sp³-hybridized carbons (Fsp3) is 0.455. The van der Waals surface area contributed by atoms with Gasteiger partial charge in [-0.3, -0.25) is 0 Å². The largest absolute Gasteiger partial charge is 0.226 e. The Hall–Kier alpha value is -0.530. The van der Waals surface area contributed by atoms with Gasteiger partial charge in [0.25, 0.3) is 0 Å². The van der Waals surface area contributed by atoms with Crippen molar-refractivity contribution in [1.82, 2.24) is 19.3 Å². The number of halogens is 1. The highest BCUT2D eigenvalue weighted by Crippen LogP contribution is 2.30. The fourth-order valence-corrected chi connectivity index (χ4v) is 3.33. The van der Waals surface area contributed by atoms with E-state index in [2.05, 4.69) is 56.0 Å². The van der Waals surface area contributed by atoms with Gasteiger partial charge in [-0.2, -0.15) is 4.37 Å². The van der Waals surface area contributed by atoms with E-state index in [1.54, 1.807) is 0 Å². The molecule has 96 valence electrons. The summed E-state index contributed by atoms with van der Waals surface area (Å²) in [5.74, 6) is 1.62. The maximum absolute atomic E-state index is 4.57. The van der Waals surface area contributed by atoms with Gasteiger partial charge in [-0.25, -0.2) is 15.0 Å². The van der Waals surface area contributed by atoms with Crippen LogP contribution in [0.15, 0.2) is 20.0 Å². The van der Waals surface area contributed by atoms with E-state index >= 15 is 0 Å². The van der Waals surface area contributed by atoms with Gasteiger partial charge in [0.05, 0.1) is 0 Å². The number of hydrogen-bond donors (Lipinski definition) is 0. The van der Waals surface area contributed by atoms with Crippen LogP contribution >= 0.6 is 39.2 Å². The van der Waals surface area contributed by atoms with Crippen LogP contribution in [0, 0.1) is 6.92 Å². The molecule has 18 heavy (non-hydrogen) atoms. The number of nitrogens with zero attached hydrogens (tertiary/aromatic N) is 4.